The molecule has 1 amide bonds. The molecule has 7 nitrogen and oxygen atoms in total. The Hall–Kier alpha value is -2.79. The second kappa shape index (κ2) is 8.75. The van der Waals surface area contributed by atoms with Crippen molar-refractivity contribution in [2.75, 3.05) is 27.3 Å². The summed E-state index contributed by atoms with van der Waals surface area (Å²) < 4.78 is 75.9. The Labute approximate surface area is 177 Å². The molecule has 0 saturated carbocycles. The van der Waals surface area contributed by atoms with Crippen LogP contribution >= 0.6 is 0 Å². The number of nitrogens with zero attached hydrogens (tertiary/aromatic N) is 1. The zero-order valence-corrected chi connectivity index (χ0v) is 17.6. The van der Waals surface area contributed by atoms with Crippen LogP contribution in [0.25, 0.3) is 0 Å². The lowest BCUT2D eigenvalue weighted by Crippen LogP contribution is -2.42. The fraction of sp³-hybridized carbons (Fsp3) is 0.350. The standard InChI is InChI=1S/C20H21F3N2O5S/c1-29-17-8-13-6-7-25(12-14(13)9-18(17)30-2)19(26)11-24-31(27,28)16-5-3-4-15(10-16)20(21,22)23/h3-5,8-10,24H,6-7,11-12H2,1-2H3. The lowest BCUT2D eigenvalue weighted by Gasteiger charge is -2.29. The predicted octanol–water partition coefficient (Wildman–Crippen LogP) is 2.59. The van der Waals surface area contributed by atoms with Crippen LogP contribution in [-0.4, -0.2) is 46.5 Å². The van der Waals surface area contributed by atoms with E-state index in [0.717, 1.165) is 29.3 Å². The lowest BCUT2D eigenvalue weighted by molar-refractivity contribution is -0.137. The highest BCUT2D eigenvalue weighted by Gasteiger charge is 2.32. The summed E-state index contributed by atoms with van der Waals surface area (Å²) in [6.45, 7) is 0.0492. The largest absolute Gasteiger partial charge is 0.493 e. The Kier molecular flexibility index (Phi) is 6.46. The van der Waals surface area contributed by atoms with Crippen LogP contribution in [0.3, 0.4) is 0 Å². The fourth-order valence-corrected chi connectivity index (χ4v) is 4.31. The van der Waals surface area contributed by atoms with Crippen molar-refractivity contribution in [1.82, 2.24) is 9.62 Å². The molecule has 168 valence electrons. The highest BCUT2D eigenvalue weighted by molar-refractivity contribution is 7.89. The molecule has 0 radical (unpaired) electrons. The van der Waals surface area contributed by atoms with Gasteiger partial charge in [-0.3, -0.25) is 4.79 Å². The van der Waals surface area contributed by atoms with Crippen LogP contribution in [0.1, 0.15) is 16.7 Å². The van der Waals surface area contributed by atoms with E-state index in [1.54, 1.807) is 6.07 Å². The number of hydrogen-bond donors (Lipinski definition) is 1. The average Bonchev–Trinajstić information content (AvgIpc) is 2.75. The number of sulfonamides is 1. The zero-order valence-electron chi connectivity index (χ0n) is 16.8. The van der Waals surface area contributed by atoms with Crippen molar-refractivity contribution in [1.29, 1.82) is 0 Å². The van der Waals surface area contributed by atoms with Crippen LogP contribution in [0.5, 0.6) is 11.5 Å². The SMILES string of the molecule is COc1cc2c(cc1OC)CN(C(=O)CNS(=O)(=O)c1cccc(C(F)(F)F)c1)CC2. The average molecular weight is 458 g/mol. The number of methoxy groups -OCH3 is 2. The molecule has 0 unspecified atom stereocenters. The molecule has 0 aliphatic carbocycles. The van der Waals surface area contributed by atoms with Gasteiger partial charge in [-0.05, 0) is 47.9 Å². The first-order valence-corrected chi connectivity index (χ1v) is 10.7. The molecule has 0 bridgehead atoms. The van der Waals surface area contributed by atoms with Crippen molar-refractivity contribution >= 4 is 15.9 Å². The molecule has 3 rings (SSSR count). The van der Waals surface area contributed by atoms with Crippen molar-refractivity contribution in [3.05, 3.63) is 53.1 Å². The van der Waals surface area contributed by atoms with Crippen molar-refractivity contribution in [2.24, 2.45) is 0 Å². The summed E-state index contributed by atoms with van der Waals surface area (Å²) in [5.74, 6) is 0.603. The molecule has 0 fully saturated rings. The Morgan fingerprint density at radius 1 is 1.10 bits per heavy atom. The van der Waals surface area contributed by atoms with Crippen molar-refractivity contribution < 1.29 is 35.9 Å². The number of carbonyl (C=O) groups excluding carboxylic acids is 1. The van der Waals surface area contributed by atoms with Crippen LogP contribution in [0.15, 0.2) is 41.3 Å². The van der Waals surface area contributed by atoms with Gasteiger partial charge in [0, 0.05) is 13.1 Å². The molecule has 0 saturated heterocycles. The highest BCUT2D eigenvalue weighted by Crippen LogP contribution is 2.33. The molecule has 2 aromatic rings. The number of benzene rings is 2. The molecule has 11 heteroatoms. The van der Waals surface area contributed by atoms with E-state index in [2.05, 4.69) is 4.72 Å². The van der Waals surface area contributed by atoms with Crippen LogP contribution in [0, 0.1) is 0 Å². The molecule has 1 heterocycles. The number of rotatable bonds is 6. The second-order valence-corrected chi connectivity index (χ2v) is 8.66. The number of amides is 1. The third-order valence-electron chi connectivity index (χ3n) is 4.96. The van der Waals surface area contributed by atoms with E-state index in [9.17, 15) is 26.4 Å². The van der Waals surface area contributed by atoms with Gasteiger partial charge < -0.3 is 14.4 Å². The smallest absolute Gasteiger partial charge is 0.416 e. The molecule has 1 N–H and O–H groups in total. The van der Waals surface area contributed by atoms with Crippen molar-refractivity contribution in [3.8, 4) is 11.5 Å². The van der Waals surface area contributed by atoms with E-state index >= 15 is 0 Å². The van der Waals surface area contributed by atoms with Gasteiger partial charge in [0.05, 0.1) is 31.2 Å². The molecule has 31 heavy (non-hydrogen) atoms. The number of carbonyl (C=O) groups is 1. The minimum Gasteiger partial charge on any atom is -0.493 e. The summed E-state index contributed by atoms with van der Waals surface area (Å²) in [6, 6.07) is 6.95. The quantitative estimate of drug-likeness (QED) is 0.720. The summed E-state index contributed by atoms with van der Waals surface area (Å²) in [5, 5.41) is 0. The van der Waals surface area contributed by atoms with Gasteiger partial charge in [-0.1, -0.05) is 6.07 Å². The molecule has 2 aromatic carbocycles. The maximum absolute atomic E-state index is 12.8. The number of alkyl halides is 3. The fourth-order valence-electron chi connectivity index (χ4n) is 3.29. The van der Waals surface area contributed by atoms with Crippen LogP contribution in [0.2, 0.25) is 0 Å². The molecule has 0 atom stereocenters. The van der Waals surface area contributed by atoms with Crippen LogP contribution < -0.4 is 14.2 Å². The van der Waals surface area contributed by atoms with E-state index in [0.29, 0.717) is 30.5 Å². The van der Waals surface area contributed by atoms with Gasteiger partial charge >= 0.3 is 6.18 Å². The van der Waals surface area contributed by atoms with E-state index in [4.69, 9.17) is 9.47 Å². The van der Waals surface area contributed by atoms with Crippen LogP contribution in [0.4, 0.5) is 13.2 Å². The van der Waals surface area contributed by atoms with Gasteiger partial charge in [-0.2, -0.15) is 13.2 Å². The number of halogens is 3. The maximum atomic E-state index is 12.8. The zero-order chi connectivity index (χ0) is 22.8. The first-order valence-electron chi connectivity index (χ1n) is 9.23. The summed E-state index contributed by atoms with van der Waals surface area (Å²) >= 11 is 0. The first kappa shape index (κ1) is 22.9. The molecule has 0 aromatic heterocycles. The lowest BCUT2D eigenvalue weighted by atomic mass is 9.98. The number of fused-ring (bicyclic) bond motifs is 1. The summed E-state index contributed by atoms with van der Waals surface area (Å²) in [5.41, 5.74) is 0.753. The third-order valence-corrected chi connectivity index (χ3v) is 6.35. The maximum Gasteiger partial charge on any atom is 0.416 e. The van der Waals surface area contributed by atoms with Gasteiger partial charge in [0.2, 0.25) is 15.9 Å². The number of ether oxygens (including phenoxy) is 2. The van der Waals surface area contributed by atoms with E-state index in [1.807, 2.05) is 6.07 Å². The minimum atomic E-state index is -4.67. The normalized spacial score (nSPS) is 14.2. The topological polar surface area (TPSA) is 84.9 Å². The Bertz CT molecular complexity index is 1090. The number of nitrogens with one attached hydrogen (secondary N) is 1. The van der Waals surface area contributed by atoms with Gasteiger partial charge in [0.15, 0.2) is 11.5 Å². The van der Waals surface area contributed by atoms with Gasteiger partial charge in [0.1, 0.15) is 0 Å². The van der Waals surface area contributed by atoms with Crippen molar-refractivity contribution in [2.45, 2.75) is 24.0 Å². The Morgan fingerprint density at radius 3 is 2.35 bits per heavy atom. The highest BCUT2D eigenvalue weighted by atomic mass is 32.2. The van der Waals surface area contributed by atoms with Gasteiger partial charge in [-0.25, -0.2) is 13.1 Å². The van der Waals surface area contributed by atoms with Crippen molar-refractivity contribution in [3.63, 3.8) is 0 Å². The van der Waals surface area contributed by atoms with E-state index in [1.165, 1.54) is 19.1 Å². The summed E-state index contributed by atoms with van der Waals surface area (Å²) in [7, 11) is -1.27. The van der Waals surface area contributed by atoms with Gasteiger partial charge in [-0.15, -0.1) is 0 Å². The second-order valence-electron chi connectivity index (χ2n) is 6.89. The molecule has 1 aliphatic heterocycles. The summed E-state index contributed by atoms with van der Waals surface area (Å²) in [6.07, 6.45) is -4.13. The Morgan fingerprint density at radius 2 is 1.74 bits per heavy atom. The summed E-state index contributed by atoms with van der Waals surface area (Å²) in [4.78, 5) is 13.5. The van der Waals surface area contributed by atoms with E-state index < -0.39 is 39.1 Å². The van der Waals surface area contributed by atoms with Crippen LogP contribution in [-0.2, 0) is 34.0 Å². The Balaban J connectivity index is 1.69. The minimum absolute atomic E-state index is 0.250. The predicted molar refractivity (Wildman–Crippen MR) is 105 cm³/mol. The molecule has 1 aliphatic rings. The molecular formula is C20H21F3N2O5S. The van der Waals surface area contributed by atoms with Gasteiger partial charge in [0.25, 0.3) is 0 Å². The first-order chi connectivity index (χ1) is 14.5. The monoisotopic (exact) mass is 458 g/mol. The molecule has 0 spiro atoms. The molecular weight excluding hydrogens is 437 g/mol. The van der Waals surface area contributed by atoms with E-state index in [-0.39, 0.29) is 6.54 Å². The third kappa shape index (κ3) is 5.10. The number of hydrogen-bond acceptors (Lipinski definition) is 5.